The highest BCUT2D eigenvalue weighted by molar-refractivity contribution is 6.05. The number of esters is 1. The lowest BCUT2D eigenvalue weighted by Crippen LogP contribution is -2.25. The minimum absolute atomic E-state index is 0.0250. The van der Waals surface area contributed by atoms with Crippen LogP contribution in [-0.4, -0.2) is 41.0 Å². The molecule has 7 heteroatoms. The smallest absolute Gasteiger partial charge is 0.306 e. The number of nitrogens with one attached hydrogen (secondary N) is 1. The normalized spacial score (nSPS) is 11.6. The predicted molar refractivity (Wildman–Crippen MR) is 111 cm³/mol. The molecule has 0 saturated carbocycles. The van der Waals surface area contributed by atoms with Gasteiger partial charge >= 0.3 is 5.97 Å². The summed E-state index contributed by atoms with van der Waals surface area (Å²) in [5.41, 5.74) is 2.34. The van der Waals surface area contributed by atoms with E-state index in [2.05, 4.69) is 4.98 Å². The number of rotatable bonds is 10. The van der Waals surface area contributed by atoms with Gasteiger partial charge in [0, 0.05) is 23.2 Å². The highest BCUT2D eigenvalue weighted by atomic mass is 16.5. The topological polar surface area (TPSA) is 103 Å². The summed E-state index contributed by atoms with van der Waals surface area (Å²) in [5.74, 6) is -0.727. The summed E-state index contributed by atoms with van der Waals surface area (Å²) >= 11 is 0. The number of hydrogen-bond acceptors (Lipinski definition) is 6. The SMILES string of the molecule is CCOc1ccc(C(=O)CCC(=O)O[C@H](C)C(=O)c2[nH]c(C)c(C(C)=O)c2C)cc1. The second kappa shape index (κ2) is 10.0. The van der Waals surface area contributed by atoms with Crippen molar-refractivity contribution in [3.63, 3.8) is 0 Å². The zero-order chi connectivity index (χ0) is 22.4. The molecule has 1 heterocycles. The van der Waals surface area contributed by atoms with Gasteiger partial charge in [0.05, 0.1) is 18.7 Å². The molecule has 1 aromatic carbocycles. The van der Waals surface area contributed by atoms with Crippen molar-refractivity contribution in [1.82, 2.24) is 4.98 Å². The Bertz CT molecular complexity index is 955. The number of hydrogen-bond donors (Lipinski definition) is 1. The molecule has 0 amide bonds. The van der Waals surface area contributed by atoms with Gasteiger partial charge in [-0.1, -0.05) is 0 Å². The largest absolute Gasteiger partial charge is 0.494 e. The summed E-state index contributed by atoms with van der Waals surface area (Å²) in [6.45, 7) is 8.70. The van der Waals surface area contributed by atoms with Crippen LogP contribution in [0.15, 0.2) is 24.3 Å². The Hall–Kier alpha value is -3.22. The fraction of sp³-hybridized carbons (Fsp3) is 0.391. The van der Waals surface area contributed by atoms with Crippen LogP contribution in [0.5, 0.6) is 5.75 Å². The van der Waals surface area contributed by atoms with E-state index in [1.807, 2.05) is 6.92 Å². The number of carbonyl (C=O) groups is 4. The Morgan fingerprint density at radius 1 is 1.03 bits per heavy atom. The first-order valence-corrected chi connectivity index (χ1v) is 9.85. The molecule has 0 aliphatic rings. The first kappa shape index (κ1) is 23.1. The molecule has 7 nitrogen and oxygen atoms in total. The monoisotopic (exact) mass is 413 g/mol. The fourth-order valence-corrected chi connectivity index (χ4v) is 3.30. The maximum Gasteiger partial charge on any atom is 0.306 e. The lowest BCUT2D eigenvalue weighted by atomic mass is 10.0. The zero-order valence-electron chi connectivity index (χ0n) is 18.0. The average Bonchev–Trinajstić information content (AvgIpc) is 3.00. The number of ether oxygens (including phenoxy) is 2. The molecule has 0 saturated heterocycles. The molecule has 1 aromatic heterocycles. The summed E-state index contributed by atoms with van der Waals surface area (Å²) in [7, 11) is 0. The third-order valence-corrected chi connectivity index (χ3v) is 4.76. The molecule has 30 heavy (non-hydrogen) atoms. The van der Waals surface area contributed by atoms with Gasteiger partial charge in [0.15, 0.2) is 17.7 Å². The molecule has 0 unspecified atom stereocenters. The van der Waals surface area contributed by atoms with E-state index in [1.54, 1.807) is 38.1 Å². The lowest BCUT2D eigenvalue weighted by Gasteiger charge is -2.12. The lowest BCUT2D eigenvalue weighted by molar-refractivity contribution is -0.146. The summed E-state index contributed by atoms with van der Waals surface area (Å²) in [6, 6.07) is 6.69. The number of ketones is 3. The van der Waals surface area contributed by atoms with Crippen LogP contribution in [0, 0.1) is 13.8 Å². The van der Waals surface area contributed by atoms with Crippen LogP contribution >= 0.6 is 0 Å². The van der Waals surface area contributed by atoms with Crippen molar-refractivity contribution in [2.75, 3.05) is 6.61 Å². The second-order valence-electron chi connectivity index (χ2n) is 7.06. The van der Waals surface area contributed by atoms with Gasteiger partial charge in [-0.2, -0.15) is 0 Å². The summed E-state index contributed by atoms with van der Waals surface area (Å²) in [4.78, 5) is 51.6. The zero-order valence-corrected chi connectivity index (χ0v) is 18.0. The van der Waals surface area contributed by atoms with Crippen LogP contribution in [0.4, 0.5) is 0 Å². The molecule has 0 aliphatic carbocycles. The van der Waals surface area contributed by atoms with Gasteiger partial charge in [-0.15, -0.1) is 0 Å². The van der Waals surface area contributed by atoms with E-state index >= 15 is 0 Å². The molecule has 1 atom stereocenters. The molecule has 0 aliphatic heterocycles. The van der Waals surface area contributed by atoms with Gasteiger partial charge in [-0.05, 0) is 64.4 Å². The Morgan fingerprint density at radius 2 is 1.67 bits per heavy atom. The van der Waals surface area contributed by atoms with E-state index < -0.39 is 17.9 Å². The van der Waals surface area contributed by atoms with Crippen molar-refractivity contribution in [3.8, 4) is 5.75 Å². The van der Waals surface area contributed by atoms with E-state index in [4.69, 9.17) is 9.47 Å². The highest BCUT2D eigenvalue weighted by Crippen LogP contribution is 2.21. The first-order chi connectivity index (χ1) is 14.1. The predicted octanol–water partition coefficient (Wildman–Crippen LogP) is 4.01. The van der Waals surface area contributed by atoms with Crippen LogP contribution in [-0.2, 0) is 9.53 Å². The number of aromatic amines is 1. The molecule has 0 spiro atoms. The van der Waals surface area contributed by atoms with E-state index in [0.29, 0.717) is 34.7 Å². The quantitative estimate of drug-likeness (QED) is 0.466. The Labute approximate surface area is 175 Å². The van der Waals surface area contributed by atoms with Crippen LogP contribution in [0.1, 0.15) is 76.1 Å². The molecule has 0 bridgehead atoms. The van der Waals surface area contributed by atoms with Crippen LogP contribution < -0.4 is 4.74 Å². The van der Waals surface area contributed by atoms with Gasteiger partial charge in [-0.25, -0.2) is 0 Å². The molecule has 1 N–H and O–H groups in total. The molecule has 0 fully saturated rings. The molecule has 160 valence electrons. The molecule has 2 aromatic rings. The van der Waals surface area contributed by atoms with Crippen molar-refractivity contribution in [2.24, 2.45) is 0 Å². The van der Waals surface area contributed by atoms with Gasteiger partial charge < -0.3 is 14.5 Å². The summed E-state index contributed by atoms with van der Waals surface area (Å²) in [5, 5.41) is 0. The van der Waals surface area contributed by atoms with Gasteiger partial charge in [0.2, 0.25) is 5.78 Å². The molecule has 0 radical (unpaired) electrons. The second-order valence-corrected chi connectivity index (χ2v) is 7.06. The van der Waals surface area contributed by atoms with Crippen molar-refractivity contribution in [3.05, 3.63) is 52.3 Å². The molecular formula is C23H27NO6. The fourth-order valence-electron chi connectivity index (χ4n) is 3.30. The standard InChI is InChI=1S/C23H27NO6/c1-6-29-18-9-7-17(8-10-18)19(26)11-12-20(27)30-16(5)23(28)22-13(2)21(15(4)25)14(3)24-22/h7-10,16,24H,6,11-12H2,1-5H3/t16-/m1/s1. The number of carbonyl (C=O) groups excluding carboxylic acids is 4. The van der Waals surface area contributed by atoms with E-state index in [9.17, 15) is 19.2 Å². The van der Waals surface area contributed by atoms with E-state index in [1.165, 1.54) is 13.8 Å². The van der Waals surface area contributed by atoms with E-state index in [-0.39, 0.29) is 30.1 Å². The maximum absolute atomic E-state index is 12.6. The number of Topliss-reactive ketones (excluding diaryl/α,β-unsaturated/α-hetero) is 3. The molecule has 2 rings (SSSR count). The van der Waals surface area contributed by atoms with Crippen molar-refractivity contribution in [1.29, 1.82) is 0 Å². The first-order valence-electron chi connectivity index (χ1n) is 9.85. The maximum atomic E-state index is 12.6. The minimum atomic E-state index is -1.03. The number of aryl methyl sites for hydroxylation is 1. The molecular weight excluding hydrogens is 386 g/mol. The Kier molecular flexibility index (Phi) is 7.69. The van der Waals surface area contributed by atoms with Crippen molar-refractivity contribution >= 4 is 23.3 Å². The Morgan fingerprint density at radius 3 is 2.20 bits per heavy atom. The van der Waals surface area contributed by atoms with Gasteiger partial charge in [0.1, 0.15) is 5.75 Å². The van der Waals surface area contributed by atoms with Crippen LogP contribution in [0.3, 0.4) is 0 Å². The number of benzene rings is 1. The van der Waals surface area contributed by atoms with E-state index in [0.717, 1.165) is 0 Å². The number of H-pyrrole nitrogens is 1. The summed E-state index contributed by atoms with van der Waals surface area (Å²) < 4.78 is 10.5. The third-order valence-electron chi connectivity index (χ3n) is 4.76. The summed E-state index contributed by atoms with van der Waals surface area (Å²) in [6.07, 6.45) is -1.19. The van der Waals surface area contributed by atoms with Gasteiger partial charge in [0.25, 0.3) is 0 Å². The van der Waals surface area contributed by atoms with Crippen molar-refractivity contribution in [2.45, 2.75) is 53.6 Å². The minimum Gasteiger partial charge on any atom is -0.494 e. The van der Waals surface area contributed by atoms with Crippen LogP contribution in [0.25, 0.3) is 0 Å². The third kappa shape index (κ3) is 5.43. The Balaban J connectivity index is 1.93. The van der Waals surface area contributed by atoms with Crippen molar-refractivity contribution < 1.29 is 28.7 Å². The average molecular weight is 413 g/mol. The van der Waals surface area contributed by atoms with Crippen LogP contribution in [0.2, 0.25) is 0 Å². The number of aromatic nitrogens is 1. The highest BCUT2D eigenvalue weighted by Gasteiger charge is 2.26. The van der Waals surface area contributed by atoms with Gasteiger partial charge in [-0.3, -0.25) is 19.2 Å².